The van der Waals surface area contributed by atoms with Crippen molar-refractivity contribution in [1.29, 1.82) is 0 Å². The number of amides is 1. The van der Waals surface area contributed by atoms with Gasteiger partial charge < -0.3 is 14.9 Å². The molecule has 0 fully saturated rings. The first-order valence-corrected chi connectivity index (χ1v) is 8.40. The lowest BCUT2D eigenvalue weighted by molar-refractivity contribution is -0.870. The summed E-state index contributed by atoms with van der Waals surface area (Å²) in [5, 5.41) is 12.6. The lowest BCUT2D eigenvalue weighted by Crippen LogP contribution is -2.37. The number of hydrogen-bond donors (Lipinski definition) is 2. The Morgan fingerprint density at radius 3 is 2.50 bits per heavy atom. The van der Waals surface area contributed by atoms with Gasteiger partial charge in [-0.05, 0) is 25.7 Å². The number of aliphatic hydroxyl groups is 1. The molecule has 0 saturated heterocycles. The fourth-order valence-electron chi connectivity index (χ4n) is 1.98. The molecule has 0 rings (SSSR count). The Morgan fingerprint density at radius 2 is 1.86 bits per heavy atom. The van der Waals surface area contributed by atoms with Gasteiger partial charge in [-0.2, -0.15) is 0 Å². The van der Waals surface area contributed by atoms with Gasteiger partial charge in [-0.3, -0.25) is 4.79 Å². The van der Waals surface area contributed by atoms with Crippen LogP contribution in [0.15, 0.2) is 24.3 Å². The molecular weight excluding hydrogens is 276 g/mol. The number of rotatable bonds is 12. The molecule has 0 aliphatic rings. The van der Waals surface area contributed by atoms with Crippen molar-refractivity contribution >= 4 is 5.91 Å². The molecule has 0 aromatic carbocycles. The van der Waals surface area contributed by atoms with E-state index < -0.39 is 6.10 Å². The van der Waals surface area contributed by atoms with Gasteiger partial charge in [0.25, 0.3) is 0 Å². The third kappa shape index (κ3) is 15.3. The average Bonchev–Trinajstić information content (AvgIpc) is 2.43. The van der Waals surface area contributed by atoms with Crippen LogP contribution in [0.3, 0.4) is 0 Å². The van der Waals surface area contributed by atoms with Crippen LogP contribution in [0.2, 0.25) is 0 Å². The van der Waals surface area contributed by atoms with Gasteiger partial charge in [-0.25, -0.2) is 0 Å². The highest BCUT2D eigenvalue weighted by atomic mass is 16.3. The summed E-state index contributed by atoms with van der Waals surface area (Å²) in [4.78, 5) is 11.7. The first-order chi connectivity index (χ1) is 10.3. The van der Waals surface area contributed by atoms with Crippen LogP contribution >= 0.6 is 0 Å². The van der Waals surface area contributed by atoms with Crippen LogP contribution < -0.4 is 5.32 Å². The molecule has 1 amide bonds. The number of quaternary nitrogens is 1. The second-order valence-corrected chi connectivity index (χ2v) is 6.74. The van der Waals surface area contributed by atoms with Gasteiger partial charge in [-0.1, -0.05) is 31.2 Å². The van der Waals surface area contributed by atoms with E-state index in [-0.39, 0.29) is 5.91 Å². The van der Waals surface area contributed by atoms with Gasteiger partial charge in [0, 0.05) is 19.4 Å². The van der Waals surface area contributed by atoms with Gasteiger partial charge >= 0.3 is 0 Å². The van der Waals surface area contributed by atoms with Gasteiger partial charge in [-0.15, -0.1) is 0 Å². The van der Waals surface area contributed by atoms with E-state index >= 15 is 0 Å². The van der Waals surface area contributed by atoms with Crippen molar-refractivity contribution in [3.05, 3.63) is 24.3 Å². The summed E-state index contributed by atoms with van der Waals surface area (Å²) in [6, 6.07) is 0. The van der Waals surface area contributed by atoms with Crippen LogP contribution in [-0.4, -0.2) is 55.8 Å². The average molecular weight is 311 g/mol. The quantitative estimate of drug-likeness (QED) is 0.430. The maximum absolute atomic E-state index is 11.7. The van der Waals surface area contributed by atoms with Gasteiger partial charge in [0.05, 0.1) is 33.8 Å². The molecule has 22 heavy (non-hydrogen) atoms. The normalized spacial score (nSPS) is 13.9. The van der Waals surface area contributed by atoms with Gasteiger partial charge in [0.1, 0.15) is 0 Å². The van der Waals surface area contributed by atoms with E-state index in [2.05, 4.69) is 57.7 Å². The predicted molar refractivity (Wildman–Crippen MR) is 93.6 cm³/mol. The van der Waals surface area contributed by atoms with Crippen molar-refractivity contribution in [2.75, 3.05) is 34.2 Å². The third-order valence-corrected chi connectivity index (χ3v) is 3.28. The van der Waals surface area contributed by atoms with E-state index in [4.69, 9.17) is 0 Å². The molecule has 0 spiro atoms. The number of nitrogens with one attached hydrogen (secondary N) is 1. The van der Waals surface area contributed by atoms with E-state index in [0.29, 0.717) is 19.4 Å². The number of carbonyl (C=O) groups excluding carboxylic acids is 1. The molecule has 0 bridgehead atoms. The van der Waals surface area contributed by atoms with E-state index in [9.17, 15) is 9.90 Å². The minimum absolute atomic E-state index is 0.0349. The maximum atomic E-state index is 11.7. The minimum Gasteiger partial charge on any atom is -0.391 e. The molecule has 1 unspecified atom stereocenters. The maximum Gasteiger partial charge on any atom is 0.220 e. The molecule has 0 aliphatic heterocycles. The van der Waals surface area contributed by atoms with Crippen LogP contribution in [0, 0.1) is 0 Å². The van der Waals surface area contributed by atoms with Crippen molar-refractivity contribution < 1.29 is 14.4 Å². The van der Waals surface area contributed by atoms with Crippen LogP contribution in [0.4, 0.5) is 0 Å². The van der Waals surface area contributed by atoms with Crippen molar-refractivity contribution in [3.8, 4) is 0 Å². The highest BCUT2D eigenvalue weighted by Crippen LogP contribution is 2.00. The molecule has 2 N–H and O–H groups in total. The topological polar surface area (TPSA) is 49.3 Å². The number of nitrogens with zero attached hydrogens (tertiary/aromatic N) is 1. The largest absolute Gasteiger partial charge is 0.391 e. The van der Waals surface area contributed by atoms with E-state index in [1.54, 1.807) is 0 Å². The monoisotopic (exact) mass is 311 g/mol. The lowest BCUT2D eigenvalue weighted by atomic mass is 10.1. The van der Waals surface area contributed by atoms with Crippen LogP contribution in [0.25, 0.3) is 0 Å². The van der Waals surface area contributed by atoms with Crippen LogP contribution in [0.5, 0.6) is 0 Å². The molecule has 128 valence electrons. The molecule has 1 atom stereocenters. The fraction of sp³-hybridized carbons (Fsp3) is 0.722. The third-order valence-electron chi connectivity index (χ3n) is 3.28. The molecule has 0 heterocycles. The summed E-state index contributed by atoms with van der Waals surface area (Å²) >= 11 is 0. The smallest absolute Gasteiger partial charge is 0.220 e. The number of hydrogen-bond acceptors (Lipinski definition) is 2. The molecular formula is C18H35N2O2+. The summed E-state index contributed by atoms with van der Waals surface area (Å²) in [5.74, 6) is 0.0349. The summed E-state index contributed by atoms with van der Waals surface area (Å²) < 4.78 is 0.871. The second-order valence-electron chi connectivity index (χ2n) is 6.74. The van der Waals surface area contributed by atoms with Crippen LogP contribution in [0.1, 0.15) is 45.4 Å². The zero-order valence-electron chi connectivity index (χ0n) is 14.8. The molecule has 0 saturated carbocycles. The Kier molecular flexibility index (Phi) is 11.8. The van der Waals surface area contributed by atoms with Gasteiger partial charge in [0.15, 0.2) is 0 Å². The first-order valence-electron chi connectivity index (χ1n) is 8.40. The van der Waals surface area contributed by atoms with E-state index in [1.807, 2.05) is 0 Å². The molecule has 4 heteroatoms. The second kappa shape index (κ2) is 12.4. The highest BCUT2D eigenvalue weighted by molar-refractivity contribution is 5.75. The Labute approximate surface area is 136 Å². The Balaban J connectivity index is 3.61. The summed E-state index contributed by atoms with van der Waals surface area (Å²) in [6.45, 7) is 3.45. The number of allylic oxidation sites excluding steroid dienone is 4. The Hall–Kier alpha value is -1.13. The zero-order chi connectivity index (χ0) is 16.8. The Bertz CT molecular complexity index is 343. The summed E-state index contributed by atoms with van der Waals surface area (Å²) in [7, 11) is 6.35. The van der Waals surface area contributed by atoms with Crippen molar-refractivity contribution in [2.45, 2.75) is 51.6 Å². The fourth-order valence-corrected chi connectivity index (χ4v) is 1.98. The van der Waals surface area contributed by atoms with E-state index in [1.165, 1.54) is 0 Å². The highest BCUT2D eigenvalue weighted by Gasteiger charge is 2.10. The summed E-state index contributed by atoms with van der Waals surface area (Å²) in [5.41, 5.74) is 0. The molecule has 0 aromatic heterocycles. The molecule has 0 radical (unpaired) electrons. The Morgan fingerprint density at radius 1 is 1.18 bits per heavy atom. The SMILES string of the molecule is CC/C=C\C/C=C\CCC(O)CNC(=O)CCC[N+](C)(C)C. The predicted octanol–water partition coefficient (Wildman–Crippen LogP) is 2.64. The molecule has 0 aromatic rings. The zero-order valence-corrected chi connectivity index (χ0v) is 14.8. The van der Waals surface area contributed by atoms with Crippen molar-refractivity contribution in [3.63, 3.8) is 0 Å². The minimum atomic E-state index is -0.460. The van der Waals surface area contributed by atoms with Gasteiger partial charge in [0.2, 0.25) is 5.91 Å². The lowest BCUT2D eigenvalue weighted by Gasteiger charge is -2.23. The first kappa shape index (κ1) is 20.9. The van der Waals surface area contributed by atoms with E-state index in [0.717, 1.165) is 36.7 Å². The summed E-state index contributed by atoms with van der Waals surface area (Å²) in [6.07, 6.45) is 13.0. The number of carbonyl (C=O) groups is 1. The number of aliphatic hydroxyl groups excluding tert-OH is 1. The van der Waals surface area contributed by atoms with Crippen LogP contribution in [-0.2, 0) is 4.79 Å². The van der Waals surface area contributed by atoms with Crippen molar-refractivity contribution in [1.82, 2.24) is 5.32 Å². The molecule has 0 aliphatic carbocycles. The van der Waals surface area contributed by atoms with Crippen molar-refractivity contribution in [2.24, 2.45) is 0 Å². The standard InChI is InChI=1S/C18H34N2O2/c1-5-6-7-8-9-10-11-13-17(21)16-19-18(22)14-12-15-20(2,3)4/h6-7,9-10,17,21H,5,8,11-16H2,1-4H3/p+1/b7-6-,10-9-. The molecule has 4 nitrogen and oxygen atoms in total.